The second kappa shape index (κ2) is 10.7. The van der Waals surface area contributed by atoms with Crippen LogP contribution in [0.2, 0.25) is 0 Å². The van der Waals surface area contributed by atoms with Gasteiger partial charge >= 0.3 is 0 Å². The number of para-hydroxylation sites is 2. The molecule has 0 atom stereocenters. The monoisotopic (exact) mass is 609 g/mol. The standard InChI is InChI=1S/C45H27N3/c1-47-33-22-26-38-37-25-19-30(29-46)27-41(37)45(42(38)28-33)39-15-7-9-17-43(39)48(44-18-10-8-16-40(44)45)34-23-20-32(21-24-34)36-14-6-5-13-35(36)31-11-3-2-4-12-31/h2-28H. The van der Waals surface area contributed by atoms with Gasteiger partial charge in [0.15, 0.2) is 5.69 Å². The van der Waals surface area contributed by atoms with Gasteiger partial charge in [-0.25, -0.2) is 4.85 Å². The molecule has 1 heterocycles. The molecule has 0 saturated carbocycles. The SMILES string of the molecule is [C-]#[N+]c1ccc2c(c1)C1(c3cc(C#N)ccc3-2)c2ccccc2N(c2ccc(-c3ccccc3-c3ccccc3)cc2)c2ccccc21. The van der Waals surface area contributed by atoms with Crippen LogP contribution in [0.3, 0.4) is 0 Å². The van der Waals surface area contributed by atoms with Gasteiger partial charge < -0.3 is 4.90 Å². The smallest absolute Gasteiger partial charge is 0.187 e. The van der Waals surface area contributed by atoms with E-state index in [0.29, 0.717) is 11.3 Å². The summed E-state index contributed by atoms with van der Waals surface area (Å²) in [4.78, 5) is 6.20. The Labute approximate surface area is 280 Å². The number of benzene rings is 7. The quantitative estimate of drug-likeness (QED) is 0.187. The van der Waals surface area contributed by atoms with Crippen LogP contribution in [0.4, 0.5) is 22.7 Å². The van der Waals surface area contributed by atoms with Crippen molar-refractivity contribution in [3.63, 3.8) is 0 Å². The lowest BCUT2D eigenvalue weighted by Gasteiger charge is -2.45. The minimum absolute atomic E-state index is 0.602. The van der Waals surface area contributed by atoms with Crippen LogP contribution in [0.5, 0.6) is 0 Å². The fraction of sp³-hybridized carbons (Fsp3) is 0.0222. The molecule has 3 nitrogen and oxygen atoms in total. The highest BCUT2D eigenvalue weighted by Crippen LogP contribution is 2.63. The van der Waals surface area contributed by atoms with Crippen molar-refractivity contribution in [2.75, 3.05) is 4.90 Å². The first-order valence-electron chi connectivity index (χ1n) is 16.0. The third-order valence-corrected chi connectivity index (χ3v) is 9.93. The van der Waals surface area contributed by atoms with Crippen LogP contribution in [0.15, 0.2) is 164 Å². The average Bonchev–Trinajstić information content (AvgIpc) is 3.44. The molecular formula is C45H27N3. The summed E-state index contributed by atoms with van der Waals surface area (Å²) in [6, 6.07) is 59.6. The van der Waals surface area contributed by atoms with Crippen molar-refractivity contribution in [1.82, 2.24) is 0 Å². The van der Waals surface area contributed by atoms with Gasteiger partial charge in [0.05, 0.1) is 35.0 Å². The Morgan fingerprint density at radius 1 is 0.500 bits per heavy atom. The van der Waals surface area contributed by atoms with E-state index in [-0.39, 0.29) is 0 Å². The molecule has 0 fully saturated rings. The third-order valence-electron chi connectivity index (χ3n) is 9.93. The van der Waals surface area contributed by atoms with Gasteiger partial charge in [-0.3, -0.25) is 0 Å². The summed E-state index contributed by atoms with van der Waals surface area (Å²) in [6.45, 7) is 7.88. The molecule has 0 aromatic heterocycles. The van der Waals surface area contributed by atoms with Crippen molar-refractivity contribution < 1.29 is 0 Å². The van der Waals surface area contributed by atoms with Crippen LogP contribution in [0.1, 0.15) is 27.8 Å². The van der Waals surface area contributed by atoms with Crippen molar-refractivity contribution in [2.24, 2.45) is 0 Å². The molecule has 0 amide bonds. The summed E-state index contributed by atoms with van der Waals surface area (Å²) in [5.41, 5.74) is 15.1. The Morgan fingerprint density at radius 3 is 1.67 bits per heavy atom. The number of hydrogen-bond acceptors (Lipinski definition) is 2. The van der Waals surface area contributed by atoms with Crippen LogP contribution < -0.4 is 4.90 Å². The van der Waals surface area contributed by atoms with Gasteiger partial charge in [-0.05, 0) is 92.0 Å². The summed E-state index contributed by atoms with van der Waals surface area (Å²) < 4.78 is 0. The van der Waals surface area contributed by atoms with Crippen molar-refractivity contribution in [1.29, 1.82) is 5.26 Å². The maximum atomic E-state index is 10.0. The summed E-state index contributed by atoms with van der Waals surface area (Å²) in [6.07, 6.45) is 0. The van der Waals surface area contributed by atoms with Crippen molar-refractivity contribution in [3.8, 4) is 39.4 Å². The number of fused-ring (bicyclic) bond motifs is 9. The molecule has 0 unspecified atom stereocenters. The zero-order chi connectivity index (χ0) is 32.2. The maximum Gasteiger partial charge on any atom is 0.187 e. The Hall–Kier alpha value is -6.68. The second-order valence-corrected chi connectivity index (χ2v) is 12.3. The zero-order valence-corrected chi connectivity index (χ0v) is 25.9. The highest BCUT2D eigenvalue weighted by atomic mass is 15.2. The fourth-order valence-electron chi connectivity index (χ4n) is 7.95. The first-order valence-corrected chi connectivity index (χ1v) is 16.0. The molecule has 3 heteroatoms. The molecule has 9 rings (SSSR count). The van der Waals surface area contributed by atoms with Crippen molar-refractivity contribution in [3.05, 3.63) is 203 Å². The molecule has 0 radical (unpaired) electrons. The van der Waals surface area contributed by atoms with Crippen LogP contribution in [-0.2, 0) is 5.41 Å². The topological polar surface area (TPSA) is 31.4 Å². The molecule has 0 N–H and O–H groups in total. The molecule has 1 aliphatic heterocycles. The molecule has 7 aromatic carbocycles. The number of anilines is 3. The fourth-order valence-corrected chi connectivity index (χ4v) is 7.95. The van der Waals surface area contributed by atoms with Gasteiger partial charge in [0, 0.05) is 5.69 Å². The normalized spacial score (nSPS) is 13.1. The predicted octanol–water partition coefficient (Wildman–Crippen LogP) is 11.6. The average molecular weight is 610 g/mol. The molecule has 7 aromatic rings. The second-order valence-electron chi connectivity index (χ2n) is 12.3. The molecule has 1 aliphatic carbocycles. The van der Waals surface area contributed by atoms with Gasteiger partial charge in [-0.15, -0.1) is 0 Å². The Balaban J connectivity index is 1.27. The van der Waals surface area contributed by atoms with Crippen LogP contribution in [0, 0.1) is 17.9 Å². The van der Waals surface area contributed by atoms with Gasteiger partial charge in [-0.2, -0.15) is 5.26 Å². The molecule has 1 spiro atoms. The zero-order valence-electron chi connectivity index (χ0n) is 25.9. The van der Waals surface area contributed by atoms with E-state index in [4.69, 9.17) is 6.57 Å². The number of nitriles is 1. The predicted molar refractivity (Wildman–Crippen MR) is 194 cm³/mol. The van der Waals surface area contributed by atoms with E-state index in [1.165, 1.54) is 16.7 Å². The summed E-state index contributed by atoms with van der Waals surface area (Å²) in [5.74, 6) is 0. The van der Waals surface area contributed by atoms with E-state index >= 15 is 0 Å². The van der Waals surface area contributed by atoms with Gasteiger partial charge in [0.1, 0.15) is 0 Å². The van der Waals surface area contributed by atoms with E-state index in [2.05, 4.69) is 161 Å². The molecule has 222 valence electrons. The summed E-state index contributed by atoms with van der Waals surface area (Å²) in [5, 5.41) is 10.0. The van der Waals surface area contributed by atoms with Gasteiger partial charge in [-0.1, -0.05) is 127 Å². The van der Waals surface area contributed by atoms with Gasteiger partial charge in [0.25, 0.3) is 0 Å². The van der Waals surface area contributed by atoms with Crippen molar-refractivity contribution in [2.45, 2.75) is 5.41 Å². The third kappa shape index (κ3) is 3.86. The van der Waals surface area contributed by atoms with Crippen LogP contribution in [-0.4, -0.2) is 0 Å². The molecule has 2 aliphatic rings. The minimum atomic E-state index is -0.698. The van der Waals surface area contributed by atoms with Crippen LogP contribution in [0.25, 0.3) is 38.2 Å². The van der Waals surface area contributed by atoms with E-state index in [1.54, 1.807) is 0 Å². The molecular weight excluding hydrogens is 583 g/mol. The lowest BCUT2D eigenvalue weighted by Crippen LogP contribution is -2.36. The first-order chi connectivity index (χ1) is 23.7. The number of nitrogens with zero attached hydrogens (tertiary/aromatic N) is 3. The highest BCUT2D eigenvalue weighted by molar-refractivity contribution is 5.97. The molecule has 0 saturated heterocycles. The Kier molecular flexibility index (Phi) is 6.16. The Morgan fingerprint density at radius 2 is 1.04 bits per heavy atom. The lowest BCUT2D eigenvalue weighted by molar-refractivity contribution is 0.753. The maximum absolute atomic E-state index is 10.0. The van der Waals surface area contributed by atoms with E-state index < -0.39 is 5.41 Å². The molecule has 0 bridgehead atoms. The minimum Gasteiger partial charge on any atom is -0.310 e. The number of rotatable bonds is 3. The molecule has 48 heavy (non-hydrogen) atoms. The number of hydrogen-bond donors (Lipinski definition) is 0. The Bertz CT molecular complexity index is 2370. The van der Waals surface area contributed by atoms with E-state index in [0.717, 1.165) is 56.0 Å². The van der Waals surface area contributed by atoms with E-state index in [9.17, 15) is 5.26 Å². The largest absolute Gasteiger partial charge is 0.310 e. The van der Waals surface area contributed by atoms with Crippen molar-refractivity contribution >= 4 is 22.7 Å². The summed E-state index contributed by atoms with van der Waals surface area (Å²) in [7, 11) is 0. The highest BCUT2D eigenvalue weighted by Gasteiger charge is 2.51. The lowest BCUT2D eigenvalue weighted by atomic mass is 9.64. The van der Waals surface area contributed by atoms with E-state index in [1.807, 2.05) is 18.2 Å². The first kappa shape index (κ1) is 27.6. The van der Waals surface area contributed by atoms with Gasteiger partial charge in [0.2, 0.25) is 0 Å². The summed E-state index contributed by atoms with van der Waals surface area (Å²) >= 11 is 0. The van der Waals surface area contributed by atoms with Crippen LogP contribution >= 0.6 is 0 Å².